The normalized spacial score (nSPS) is 37.7. The monoisotopic (exact) mass is 619 g/mol. The molecule has 1 heterocycles. The molecule has 7 nitrogen and oxygen atoms in total. The van der Waals surface area contributed by atoms with E-state index in [1.54, 1.807) is 12.2 Å². The van der Waals surface area contributed by atoms with Gasteiger partial charge in [0.05, 0.1) is 12.2 Å². The van der Waals surface area contributed by atoms with E-state index in [-0.39, 0.29) is 29.3 Å². The molecule has 5 aliphatic rings. The average Bonchev–Trinajstić information content (AvgIpc) is 3.54. The molecule has 0 amide bonds. The summed E-state index contributed by atoms with van der Waals surface area (Å²) in [5.74, 6) is -0.269. The van der Waals surface area contributed by atoms with Crippen LogP contribution in [0.3, 0.4) is 0 Å². The molecule has 4 aliphatic carbocycles. The zero-order valence-electron chi connectivity index (χ0n) is 26.3. The summed E-state index contributed by atoms with van der Waals surface area (Å²) in [6, 6.07) is 20.3. The molecule has 0 aromatic heterocycles. The smallest absolute Gasteiger partial charge is 0.193 e. The number of fused-ring (bicyclic) bond motifs is 8. The van der Waals surface area contributed by atoms with Crippen LogP contribution in [0.1, 0.15) is 62.5 Å². The van der Waals surface area contributed by atoms with Gasteiger partial charge in [-0.15, -0.1) is 0 Å². The summed E-state index contributed by atoms with van der Waals surface area (Å²) in [5.41, 5.74) is 8.71. The number of carbonyl (C=O) groups is 2. The maximum atomic E-state index is 13.8. The number of rotatable bonds is 5. The molecule has 0 radical (unpaired) electrons. The Morgan fingerprint density at radius 2 is 1.80 bits per heavy atom. The molecule has 4 fully saturated rings. The molecule has 0 bridgehead atoms. The molecule has 3 saturated carbocycles. The quantitative estimate of drug-likeness (QED) is 0.318. The van der Waals surface area contributed by atoms with E-state index < -0.39 is 41.5 Å². The van der Waals surface area contributed by atoms with Gasteiger partial charge >= 0.3 is 0 Å². The zero-order chi connectivity index (χ0) is 32.0. The topological polar surface area (TPSA) is 119 Å². The van der Waals surface area contributed by atoms with Crippen LogP contribution in [0.25, 0.3) is 10.8 Å². The Bertz CT molecular complexity index is 1810. The Kier molecular flexibility index (Phi) is 6.76. The number of ketones is 2. The highest BCUT2D eigenvalue weighted by atomic mass is 16.7. The van der Waals surface area contributed by atoms with Crippen LogP contribution < -0.4 is 5.73 Å². The molecule has 3 aromatic carbocycles. The van der Waals surface area contributed by atoms with Crippen LogP contribution in [0, 0.1) is 28.6 Å². The van der Waals surface area contributed by atoms with Gasteiger partial charge in [-0.1, -0.05) is 80.1 Å². The van der Waals surface area contributed by atoms with Gasteiger partial charge in [0.1, 0.15) is 6.61 Å². The van der Waals surface area contributed by atoms with Crippen LogP contribution in [0.2, 0.25) is 0 Å². The molecule has 46 heavy (non-hydrogen) atoms. The number of hydrogen-bond donors (Lipinski definition) is 3. The molecular weight excluding hydrogens is 578 g/mol. The number of nitrogens with two attached hydrogens (primary N) is 1. The van der Waals surface area contributed by atoms with Crippen molar-refractivity contribution in [2.45, 2.75) is 70.1 Å². The highest BCUT2D eigenvalue weighted by molar-refractivity contribution is 6.01. The van der Waals surface area contributed by atoms with Gasteiger partial charge in [0.2, 0.25) is 0 Å². The van der Waals surface area contributed by atoms with Gasteiger partial charge in [0.15, 0.2) is 23.5 Å². The largest absolute Gasteiger partial charge is 0.398 e. The molecule has 0 unspecified atom stereocenters. The van der Waals surface area contributed by atoms with Crippen molar-refractivity contribution in [3.05, 3.63) is 101 Å². The van der Waals surface area contributed by atoms with Gasteiger partial charge in [0.25, 0.3) is 0 Å². The van der Waals surface area contributed by atoms with Crippen molar-refractivity contribution in [2.75, 3.05) is 12.3 Å². The zero-order valence-corrected chi connectivity index (χ0v) is 26.3. The summed E-state index contributed by atoms with van der Waals surface area (Å²) in [6.07, 6.45) is 6.69. The molecule has 3 aromatic rings. The molecule has 1 saturated heterocycles. The summed E-state index contributed by atoms with van der Waals surface area (Å²) in [6.45, 7) is 3.55. The predicted octanol–water partition coefficient (Wildman–Crippen LogP) is 5.62. The van der Waals surface area contributed by atoms with Gasteiger partial charge in [-0.05, 0) is 78.7 Å². The maximum absolute atomic E-state index is 13.8. The number of benzene rings is 3. The predicted molar refractivity (Wildman–Crippen MR) is 175 cm³/mol. The van der Waals surface area contributed by atoms with Gasteiger partial charge in [0, 0.05) is 33.4 Å². The van der Waals surface area contributed by atoms with E-state index in [0.29, 0.717) is 12.8 Å². The van der Waals surface area contributed by atoms with Crippen molar-refractivity contribution >= 4 is 28.0 Å². The van der Waals surface area contributed by atoms with E-state index in [1.807, 2.05) is 42.5 Å². The number of carbonyl (C=O) groups excluding carboxylic acids is 2. The van der Waals surface area contributed by atoms with Gasteiger partial charge < -0.3 is 25.4 Å². The van der Waals surface area contributed by atoms with E-state index in [2.05, 4.69) is 38.1 Å². The Labute approximate surface area is 269 Å². The number of nitrogen functional groups attached to an aromatic ring is 1. The molecule has 7 heteroatoms. The summed E-state index contributed by atoms with van der Waals surface area (Å²) in [7, 11) is 0. The SMILES string of the molecule is C[C@]12C=CC(=O)C=C1CC[C@@H]1[C@@H]2[C@@H](O)C[C@@]2(C)[C@H]1C[C@H]1O[C@@H](c3ccc(Cc4cccc5c(N)cccc45)cc3)O[C@]12C(=O)CO. The first-order valence-corrected chi connectivity index (χ1v) is 16.5. The minimum atomic E-state index is -1.36. The number of Topliss-reactive ketones (excluding diaryl/α,β-unsaturated/α-hetero) is 1. The molecular formula is C39H41NO6. The van der Waals surface area contributed by atoms with Crippen molar-refractivity contribution in [1.82, 2.24) is 0 Å². The highest BCUT2D eigenvalue weighted by Gasteiger charge is 2.75. The second kappa shape index (κ2) is 10.4. The molecule has 4 N–H and O–H groups in total. The van der Waals surface area contributed by atoms with Crippen LogP contribution >= 0.6 is 0 Å². The van der Waals surface area contributed by atoms with Crippen molar-refractivity contribution in [3.8, 4) is 0 Å². The van der Waals surface area contributed by atoms with Gasteiger partial charge in [-0.3, -0.25) is 9.59 Å². The number of ether oxygens (including phenoxy) is 2. The minimum absolute atomic E-state index is 0.00331. The van der Waals surface area contributed by atoms with Crippen molar-refractivity contribution in [3.63, 3.8) is 0 Å². The molecule has 8 rings (SSSR count). The molecule has 0 spiro atoms. The summed E-state index contributed by atoms with van der Waals surface area (Å²) >= 11 is 0. The molecule has 9 atom stereocenters. The fourth-order valence-electron chi connectivity index (χ4n) is 10.4. The summed E-state index contributed by atoms with van der Waals surface area (Å²) in [4.78, 5) is 26.0. The van der Waals surface area contributed by atoms with Crippen LogP contribution in [0.15, 0.2) is 84.5 Å². The number of anilines is 1. The maximum Gasteiger partial charge on any atom is 0.193 e. The number of hydrogen-bond acceptors (Lipinski definition) is 7. The summed E-state index contributed by atoms with van der Waals surface area (Å²) in [5, 5.41) is 24.3. The van der Waals surface area contributed by atoms with Crippen LogP contribution in [0.4, 0.5) is 5.69 Å². The third kappa shape index (κ3) is 4.05. The van der Waals surface area contributed by atoms with E-state index in [1.165, 1.54) is 5.56 Å². The fourth-order valence-corrected chi connectivity index (χ4v) is 10.4. The fraction of sp³-hybridized carbons (Fsp3) is 0.436. The lowest BCUT2D eigenvalue weighted by Gasteiger charge is -2.59. The Morgan fingerprint density at radius 1 is 1.04 bits per heavy atom. The average molecular weight is 620 g/mol. The van der Waals surface area contributed by atoms with Crippen molar-refractivity contribution < 1.29 is 29.3 Å². The van der Waals surface area contributed by atoms with E-state index >= 15 is 0 Å². The van der Waals surface area contributed by atoms with Gasteiger partial charge in [-0.2, -0.15) is 0 Å². The summed E-state index contributed by atoms with van der Waals surface area (Å²) < 4.78 is 13.4. The lowest BCUT2D eigenvalue weighted by atomic mass is 9.46. The van der Waals surface area contributed by atoms with Crippen molar-refractivity contribution in [1.29, 1.82) is 0 Å². The van der Waals surface area contributed by atoms with E-state index in [9.17, 15) is 19.8 Å². The second-order valence-corrected chi connectivity index (χ2v) is 14.6. The number of allylic oxidation sites excluding steroid dienone is 4. The minimum Gasteiger partial charge on any atom is -0.398 e. The number of aliphatic hydroxyl groups excluding tert-OH is 2. The molecule has 238 valence electrons. The third-order valence-corrected chi connectivity index (χ3v) is 12.5. The van der Waals surface area contributed by atoms with Crippen LogP contribution in [0.5, 0.6) is 0 Å². The second-order valence-electron chi connectivity index (χ2n) is 14.6. The van der Waals surface area contributed by atoms with Crippen LogP contribution in [-0.4, -0.2) is 46.2 Å². The first kappa shape index (κ1) is 29.8. The molecule has 1 aliphatic heterocycles. The van der Waals surface area contributed by atoms with Crippen molar-refractivity contribution in [2.24, 2.45) is 28.6 Å². The standard InChI is InChI=1S/C39H41NO6/c1-37-16-15-26(42)18-25(37)13-14-29-30-19-34-39(33(44)21-41,38(30,2)20-32(43)35(29)37)46-36(45-34)23-11-9-22(10-12-23)17-24-5-3-7-28-27(24)6-4-8-31(28)40/h3-12,15-16,18,29-30,32,34-36,41,43H,13-14,17,19-21,40H2,1-2H3/t29-,30-,32-,34+,35+,36+,37-,38-,39+/m0/s1. The van der Waals surface area contributed by atoms with E-state index in [4.69, 9.17) is 15.2 Å². The van der Waals surface area contributed by atoms with Crippen LogP contribution in [-0.2, 0) is 25.5 Å². The van der Waals surface area contributed by atoms with Gasteiger partial charge in [-0.25, -0.2) is 0 Å². The Hall–Kier alpha value is -3.62. The Morgan fingerprint density at radius 3 is 2.59 bits per heavy atom. The Balaban J connectivity index is 1.07. The lowest BCUT2D eigenvalue weighted by molar-refractivity contribution is -0.201. The third-order valence-electron chi connectivity index (χ3n) is 12.5. The number of aliphatic hydroxyl groups is 2. The highest BCUT2D eigenvalue weighted by Crippen LogP contribution is 2.70. The first-order chi connectivity index (χ1) is 22.1. The lowest BCUT2D eigenvalue weighted by Crippen LogP contribution is -2.63. The van der Waals surface area contributed by atoms with E-state index in [0.717, 1.165) is 52.4 Å². The first-order valence-electron chi connectivity index (χ1n) is 16.5.